The summed E-state index contributed by atoms with van der Waals surface area (Å²) in [6.07, 6.45) is 0.880. The highest BCUT2D eigenvalue weighted by Gasteiger charge is 2.30. The third-order valence-electron chi connectivity index (χ3n) is 1.68. The van der Waals surface area contributed by atoms with E-state index in [0.717, 1.165) is 6.42 Å². The van der Waals surface area contributed by atoms with Crippen molar-refractivity contribution < 1.29 is 13.2 Å². The predicted molar refractivity (Wildman–Crippen MR) is 57.1 cm³/mol. The van der Waals surface area contributed by atoms with E-state index in [2.05, 4.69) is 5.32 Å². The van der Waals surface area contributed by atoms with Gasteiger partial charge in [0.1, 0.15) is 0 Å². The molecule has 0 aliphatic heterocycles. The van der Waals surface area contributed by atoms with Gasteiger partial charge in [-0.2, -0.15) is 13.2 Å². The zero-order chi connectivity index (χ0) is 11.3. The van der Waals surface area contributed by atoms with Crippen molar-refractivity contribution in [2.24, 2.45) is 0 Å². The second-order valence-corrected chi connectivity index (χ2v) is 4.08. The molecule has 84 valence electrons. The Kier molecular flexibility index (Phi) is 4.32. The highest BCUT2D eigenvalue weighted by Crippen LogP contribution is 2.40. The first-order valence-electron chi connectivity index (χ1n) is 4.61. The van der Waals surface area contributed by atoms with Crippen LogP contribution in [0.1, 0.15) is 13.3 Å². The predicted octanol–water partition coefficient (Wildman–Crippen LogP) is 4.12. The number of anilines is 1. The molecule has 0 unspecified atom stereocenters. The van der Waals surface area contributed by atoms with Crippen molar-refractivity contribution in [1.29, 1.82) is 0 Å². The summed E-state index contributed by atoms with van der Waals surface area (Å²) in [5.74, 6) is 0. The van der Waals surface area contributed by atoms with E-state index in [1.807, 2.05) is 6.92 Å². The van der Waals surface area contributed by atoms with Crippen LogP contribution in [0, 0.1) is 0 Å². The highest BCUT2D eigenvalue weighted by atomic mass is 32.2. The lowest BCUT2D eigenvalue weighted by Crippen LogP contribution is -2.04. The number of para-hydroxylation sites is 1. The molecule has 5 heteroatoms. The van der Waals surface area contributed by atoms with Crippen LogP contribution in [0.25, 0.3) is 0 Å². The maximum atomic E-state index is 12.2. The number of halogens is 3. The normalized spacial score (nSPS) is 11.5. The Labute approximate surface area is 91.1 Å². The topological polar surface area (TPSA) is 12.0 Å². The zero-order valence-electron chi connectivity index (χ0n) is 8.27. The molecule has 0 heterocycles. The van der Waals surface area contributed by atoms with Crippen molar-refractivity contribution in [2.45, 2.75) is 23.7 Å². The molecular formula is C10H12F3NS. The van der Waals surface area contributed by atoms with Gasteiger partial charge in [0.25, 0.3) is 0 Å². The van der Waals surface area contributed by atoms with Crippen molar-refractivity contribution >= 4 is 17.4 Å². The van der Waals surface area contributed by atoms with Crippen LogP contribution in [-0.2, 0) is 0 Å². The molecule has 0 aromatic heterocycles. The largest absolute Gasteiger partial charge is 0.446 e. The SMILES string of the molecule is CCCNc1ccccc1SC(F)(F)F. The lowest BCUT2D eigenvalue weighted by atomic mass is 10.3. The molecule has 0 amide bonds. The van der Waals surface area contributed by atoms with Gasteiger partial charge in [0.2, 0.25) is 0 Å². The van der Waals surface area contributed by atoms with Gasteiger partial charge in [-0.3, -0.25) is 0 Å². The summed E-state index contributed by atoms with van der Waals surface area (Å²) < 4.78 is 36.5. The molecule has 0 spiro atoms. The van der Waals surface area contributed by atoms with E-state index in [4.69, 9.17) is 0 Å². The van der Waals surface area contributed by atoms with E-state index in [1.54, 1.807) is 18.2 Å². The Morgan fingerprint density at radius 3 is 2.53 bits per heavy atom. The highest BCUT2D eigenvalue weighted by molar-refractivity contribution is 8.00. The van der Waals surface area contributed by atoms with Crippen LogP contribution in [0.5, 0.6) is 0 Å². The maximum absolute atomic E-state index is 12.2. The second kappa shape index (κ2) is 5.30. The van der Waals surface area contributed by atoms with Crippen LogP contribution >= 0.6 is 11.8 Å². The molecule has 1 nitrogen and oxygen atoms in total. The van der Waals surface area contributed by atoms with Crippen LogP contribution in [0.15, 0.2) is 29.2 Å². The Morgan fingerprint density at radius 2 is 1.93 bits per heavy atom. The lowest BCUT2D eigenvalue weighted by Gasteiger charge is -2.12. The van der Waals surface area contributed by atoms with E-state index in [-0.39, 0.29) is 16.7 Å². The van der Waals surface area contributed by atoms with Gasteiger partial charge in [-0.05, 0) is 30.3 Å². The quantitative estimate of drug-likeness (QED) is 0.788. The van der Waals surface area contributed by atoms with Crippen molar-refractivity contribution in [3.8, 4) is 0 Å². The summed E-state index contributed by atoms with van der Waals surface area (Å²) in [4.78, 5) is 0.221. The van der Waals surface area contributed by atoms with Crippen molar-refractivity contribution in [3.63, 3.8) is 0 Å². The van der Waals surface area contributed by atoms with Gasteiger partial charge in [-0.15, -0.1) is 0 Å². The molecule has 1 N–H and O–H groups in total. The van der Waals surface area contributed by atoms with Crippen LogP contribution < -0.4 is 5.32 Å². The zero-order valence-corrected chi connectivity index (χ0v) is 9.08. The van der Waals surface area contributed by atoms with Crippen molar-refractivity contribution in [2.75, 3.05) is 11.9 Å². The van der Waals surface area contributed by atoms with E-state index >= 15 is 0 Å². The van der Waals surface area contributed by atoms with Crippen molar-refractivity contribution in [1.82, 2.24) is 0 Å². The molecule has 0 aliphatic carbocycles. The number of nitrogens with one attached hydrogen (secondary N) is 1. The summed E-state index contributed by atoms with van der Waals surface area (Å²) >= 11 is -0.0847. The number of hydrogen-bond donors (Lipinski definition) is 1. The standard InChI is InChI=1S/C10H12F3NS/c1-2-7-14-8-5-3-4-6-9(8)15-10(11,12)13/h3-6,14H,2,7H2,1H3. The fourth-order valence-electron chi connectivity index (χ4n) is 1.09. The van der Waals surface area contributed by atoms with Crippen LogP contribution in [0.2, 0.25) is 0 Å². The van der Waals surface area contributed by atoms with Crippen molar-refractivity contribution in [3.05, 3.63) is 24.3 Å². The Balaban J connectivity index is 2.77. The molecule has 0 bridgehead atoms. The van der Waals surface area contributed by atoms with Crippen LogP contribution in [0.4, 0.5) is 18.9 Å². The van der Waals surface area contributed by atoms with Gasteiger partial charge in [0.15, 0.2) is 0 Å². The van der Waals surface area contributed by atoms with E-state index in [0.29, 0.717) is 12.2 Å². The monoisotopic (exact) mass is 235 g/mol. The van der Waals surface area contributed by atoms with Gasteiger partial charge >= 0.3 is 5.51 Å². The molecule has 1 rings (SSSR count). The van der Waals surface area contributed by atoms with Gasteiger partial charge < -0.3 is 5.32 Å². The van der Waals surface area contributed by atoms with E-state index in [1.165, 1.54) is 6.07 Å². The lowest BCUT2D eigenvalue weighted by molar-refractivity contribution is -0.0327. The smallest absolute Gasteiger partial charge is 0.384 e. The van der Waals surface area contributed by atoms with Gasteiger partial charge in [0.05, 0.1) is 0 Å². The average molecular weight is 235 g/mol. The minimum absolute atomic E-state index is 0.0847. The maximum Gasteiger partial charge on any atom is 0.446 e. The molecule has 1 aromatic carbocycles. The molecule has 0 aliphatic rings. The first kappa shape index (κ1) is 12.2. The van der Waals surface area contributed by atoms with Gasteiger partial charge in [-0.1, -0.05) is 19.1 Å². The molecule has 0 fully saturated rings. The van der Waals surface area contributed by atoms with Gasteiger partial charge in [0, 0.05) is 17.1 Å². The van der Waals surface area contributed by atoms with Crippen LogP contribution in [-0.4, -0.2) is 12.1 Å². The fraction of sp³-hybridized carbons (Fsp3) is 0.400. The third-order valence-corrected chi connectivity index (χ3v) is 2.49. The average Bonchev–Trinajstić information content (AvgIpc) is 2.14. The summed E-state index contributed by atoms with van der Waals surface area (Å²) in [7, 11) is 0. The Hall–Kier alpha value is -0.840. The number of benzene rings is 1. The Bertz CT molecular complexity index is 312. The van der Waals surface area contributed by atoms with Crippen LogP contribution in [0.3, 0.4) is 0 Å². The van der Waals surface area contributed by atoms with Gasteiger partial charge in [-0.25, -0.2) is 0 Å². The number of thioether (sulfide) groups is 1. The summed E-state index contributed by atoms with van der Waals surface area (Å²) in [5.41, 5.74) is -3.69. The molecule has 15 heavy (non-hydrogen) atoms. The Morgan fingerprint density at radius 1 is 1.27 bits per heavy atom. The summed E-state index contributed by atoms with van der Waals surface area (Å²) in [5, 5.41) is 2.96. The fourth-order valence-corrected chi connectivity index (χ4v) is 1.73. The van der Waals surface area contributed by atoms with E-state index < -0.39 is 5.51 Å². The molecule has 1 aromatic rings. The number of alkyl halides is 3. The minimum Gasteiger partial charge on any atom is -0.384 e. The summed E-state index contributed by atoms with van der Waals surface area (Å²) in [6.45, 7) is 2.64. The molecule has 0 radical (unpaired) electrons. The minimum atomic E-state index is -4.23. The van der Waals surface area contributed by atoms with E-state index in [9.17, 15) is 13.2 Å². The number of hydrogen-bond acceptors (Lipinski definition) is 2. The first-order valence-corrected chi connectivity index (χ1v) is 5.43. The molecular weight excluding hydrogens is 223 g/mol. The second-order valence-electron chi connectivity index (χ2n) is 2.97. The molecule has 0 saturated carbocycles. The first-order chi connectivity index (χ1) is 7.03. The molecule has 0 saturated heterocycles. The number of rotatable bonds is 4. The third kappa shape index (κ3) is 4.46. The molecule has 0 atom stereocenters. The summed E-state index contributed by atoms with van der Waals surface area (Å²) in [6, 6.07) is 6.45.